The molecule has 0 N–H and O–H groups in total. The van der Waals surface area contributed by atoms with Crippen LogP contribution in [0, 0.1) is 6.92 Å². The maximum atomic E-state index is 5.43. The highest BCUT2D eigenvalue weighted by Gasteiger charge is 2.28. The Bertz CT molecular complexity index is 428. The number of rotatable bonds is 1. The third-order valence-electron chi connectivity index (χ3n) is 4.30. The van der Waals surface area contributed by atoms with Gasteiger partial charge in [-0.05, 0) is 55.5 Å². The van der Waals surface area contributed by atoms with E-state index in [1.165, 1.54) is 48.9 Å². The number of fused-ring (bicyclic) bond motifs is 2. The van der Waals surface area contributed by atoms with Crippen LogP contribution in [-0.4, -0.2) is 24.6 Å². The number of hydrogen-bond donors (Lipinski definition) is 0. The summed E-state index contributed by atoms with van der Waals surface area (Å²) in [4.78, 5) is 2.66. The van der Waals surface area contributed by atoms with Crippen LogP contribution in [0.25, 0.3) is 0 Å². The van der Waals surface area contributed by atoms with Gasteiger partial charge in [0.05, 0.1) is 7.11 Å². The number of ether oxygens (including phenoxy) is 1. The number of aryl methyl sites for hydroxylation is 1. The van der Waals surface area contributed by atoms with Gasteiger partial charge in [0.15, 0.2) is 0 Å². The van der Waals surface area contributed by atoms with Gasteiger partial charge in [-0.15, -0.1) is 0 Å². The van der Waals surface area contributed by atoms with Crippen LogP contribution in [0.2, 0.25) is 0 Å². The summed E-state index contributed by atoms with van der Waals surface area (Å²) in [6.07, 6.45) is 5.36. The molecule has 0 bridgehead atoms. The predicted octanol–water partition coefficient (Wildman–Crippen LogP) is 3.94. The lowest BCUT2D eigenvalue weighted by atomic mass is 9.87. The number of methoxy groups -OCH3 is 1. The number of benzene rings is 1. The molecule has 2 heteroatoms. The lowest BCUT2D eigenvalue weighted by Crippen LogP contribution is -2.43. The lowest BCUT2D eigenvalue weighted by molar-refractivity contribution is 0.127. The zero-order valence-electron chi connectivity index (χ0n) is 12.8. The molecule has 1 saturated heterocycles. The van der Waals surface area contributed by atoms with Gasteiger partial charge in [0, 0.05) is 12.6 Å². The van der Waals surface area contributed by atoms with Crippen LogP contribution in [0.15, 0.2) is 12.1 Å². The second kappa shape index (κ2) is 6.42. The third-order valence-corrected chi connectivity index (χ3v) is 4.30. The van der Waals surface area contributed by atoms with Crippen molar-refractivity contribution in [1.29, 1.82) is 0 Å². The van der Waals surface area contributed by atoms with Crippen molar-refractivity contribution in [2.45, 2.75) is 59.0 Å². The maximum absolute atomic E-state index is 5.43. The monoisotopic (exact) mass is 261 g/mol. The second-order valence-electron chi connectivity index (χ2n) is 5.41. The van der Waals surface area contributed by atoms with Crippen molar-refractivity contribution in [2.24, 2.45) is 0 Å². The summed E-state index contributed by atoms with van der Waals surface area (Å²) in [5.74, 6) is 1.05. The molecule has 2 nitrogen and oxygen atoms in total. The molecule has 0 amide bonds. The van der Waals surface area contributed by atoms with E-state index >= 15 is 0 Å². The molecule has 1 aromatic rings. The SMILES string of the molecule is CC.COc1cc2c(cc1C)CN1CCCCC1C2. The summed E-state index contributed by atoms with van der Waals surface area (Å²) >= 11 is 0. The van der Waals surface area contributed by atoms with Crippen LogP contribution in [0.1, 0.15) is 49.8 Å². The van der Waals surface area contributed by atoms with Crippen LogP contribution < -0.4 is 4.74 Å². The van der Waals surface area contributed by atoms with Crippen LogP contribution >= 0.6 is 0 Å². The highest BCUT2D eigenvalue weighted by Crippen LogP contribution is 2.32. The summed E-state index contributed by atoms with van der Waals surface area (Å²) in [7, 11) is 1.77. The fourth-order valence-electron chi connectivity index (χ4n) is 3.32. The van der Waals surface area contributed by atoms with E-state index in [4.69, 9.17) is 4.74 Å². The van der Waals surface area contributed by atoms with Gasteiger partial charge in [0.2, 0.25) is 0 Å². The zero-order valence-corrected chi connectivity index (χ0v) is 12.8. The molecule has 2 aliphatic rings. The Balaban J connectivity index is 0.000000637. The van der Waals surface area contributed by atoms with Gasteiger partial charge < -0.3 is 4.74 Å². The maximum Gasteiger partial charge on any atom is 0.122 e. The van der Waals surface area contributed by atoms with E-state index in [0.717, 1.165) is 18.3 Å². The average Bonchev–Trinajstić information content (AvgIpc) is 2.46. The van der Waals surface area contributed by atoms with E-state index in [1.54, 1.807) is 7.11 Å². The Kier molecular flexibility index (Phi) is 4.87. The third kappa shape index (κ3) is 2.94. The van der Waals surface area contributed by atoms with Crippen LogP contribution in [-0.2, 0) is 13.0 Å². The van der Waals surface area contributed by atoms with E-state index in [1.807, 2.05) is 13.8 Å². The molecule has 0 aromatic heterocycles. The second-order valence-corrected chi connectivity index (χ2v) is 5.41. The molecule has 0 aliphatic carbocycles. The van der Waals surface area contributed by atoms with Crippen molar-refractivity contribution in [3.63, 3.8) is 0 Å². The molecule has 2 heterocycles. The van der Waals surface area contributed by atoms with Crippen molar-refractivity contribution in [1.82, 2.24) is 4.90 Å². The van der Waals surface area contributed by atoms with E-state index in [2.05, 4.69) is 24.0 Å². The average molecular weight is 261 g/mol. The van der Waals surface area contributed by atoms with Gasteiger partial charge in [-0.2, -0.15) is 0 Å². The Morgan fingerprint density at radius 2 is 1.95 bits per heavy atom. The molecule has 0 saturated carbocycles. The fraction of sp³-hybridized carbons (Fsp3) is 0.647. The van der Waals surface area contributed by atoms with Gasteiger partial charge >= 0.3 is 0 Å². The standard InChI is InChI=1S/C15H21NO.C2H6/c1-11-7-13-10-16-6-4-3-5-14(16)8-12(13)9-15(11)17-2;1-2/h7,9,14H,3-6,8,10H2,1-2H3;1-2H3. The fourth-order valence-corrected chi connectivity index (χ4v) is 3.32. The minimum absolute atomic E-state index is 0.781. The molecular weight excluding hydrogens is 234 g/mol. The van der Waals surface area contributed by atoms with E-state index in [9.17, 15) is 0 Å². The van der Waals surface area contributed by atoms with Crippen molar-refractivity contribution in [3.05, 3.63) is 28.8 Å². The van der Waals surface area contributed by atoms with Gasteiger partial charge in [0.1, 0.15) is 5.75 Å². The first-order valence-corrected chi connectivity index (χ1v) is 7.68. The first-order valence-electron chi connectivity index (χ1n) is 7.68. The number of nitrogens with zero attached hydrogens (tertiary/aromatic N) is 1. The molecular formula is C17H27NO. The largest absolute Gasteiger partial charge is 0.496 e. The molecule has 1 fully saturated rings. The molecule has 2 aliphatic heterocycles. The highest BCUT2D eigenvalue weighted by molar-refractivity contribution is 5.43. The minimum Gasteiger partial charge on any atom is -0.496 e. The van der Waals surface area contributed by atoms with Crippen molar-refractivity contribution >= 4 is 0 Å². The molecule has 19 heavy (non-hydrogen) atoms. The summed E-state index contributed by atoms with van der Waals surface area (Å²) in [6.45, 7) is 8.57. The normalized spacial score (nSPS) is 21.8. The Labute approximate surface area is 117 Å². The van der Waals surface area contributed by atoms with Crippen LogP contribution in [0.4, 0.5) is 0 Å². The van der Waals surface area contributed by atoms with Crippen molar-refractivity contribution in [2.75, 3.05) is 13.7 Å². The summed E-state index contributed by atoms with van der Waals surface area (Å²) < 4.78 is 5.43. The molecule has 3 rings (SSSR count). The van der Waals surface area contributed by atoms with Gasteiger partial charge in [0.25, 0.3) is 0 Å². The quantitative estimate of drug-likeness (QED) is 0.759. The van der Waals surface area contributed by atoms with E-state index < -0.39 is 0 Å². The van der Waals surface area contributed by atoms with Gasteiger partial charge in [-0.25, -0.2) is 0 Å². The van der Waals surface area contributed by atoms with Crippen LogP contribution in [0.3, 0.4) is 0 Å². The summed E-state index contributed by atoms with van der Waals surface area (Å²) in [6, 6.07) is 5.36. The molecule has 1 aromatic carbocycles. The summed E-state index contributed by atoms with van der Waals surface area (Å²) in [5.41, 5.74) is 4.29. The van der Waals surface area contributed by atoms with E-state index in [-0.39, 0.29) is 0 Å². The lowest BCUT2D eigenvalue weighted by Gasteiger charge is -2.40. The van der Waals surface area contributed by atoms with Crippen LogP contribution in [0.5, 0.6) is 5.75 Å². The number of hydrogen-bond acceptors (Lipinski definition) is 2. The van der Waals surface area contributed by atoms with E-state index in [0.29, 0.717) is 0 Å². The summed E-state index contributed by atoms with van der Waals surface area (Å²) in [5, 5.41) is 0. The molecule has 0 spiro atoms. The number of piperidine rings is 1. The van der Waals surface area contributed by atoms with Crippen molar-refractivity contribution < 1.29 is 4.74 Å². The molecule has 0 radical (unpaired) electrons. The predicted molar refractivity (Wildman–Crippen MR) is 80.8 cm³/mol. The first-order chi connectivity index (χ1) is 9.28. The van der Waals surface area contributed by atoms with Gasteiger partial charge in [-0.1, -0.05) is 26.3 Å². The van der Waals surface area contributed by atoms with Gasteiger partial charge in [-0.3, -0.25) is 4.90 Å². The highest BCUT2D eigenvalue weighted by atomic mass is 16.5. The minimum atomic E-state index is 0.781. The first kappa shape index (κ1) is 14.4. The molecule has 106 valence electrons. The van der Waals surface area contributed by atoms with Crippen molar-refractivity contribution in [3.8, 4) is 5.75 Å². The molecule has 1 atom stereocenters. The zero-order chi connectivity index (χ0) is 13.8. The smallest absolute Gasteiger partial charge is 0.122 e. The Morgan fingerprint density at radius 3 is 2.68 bits per heavy atom. The Hall–Kier alpha value is -1.02. The Morgan fingerprint density at radius 1 is 1.16 bits per heavy atom. The molecule has 1 unspecified atom stereocenters. The topological polar surface area (TPSA) is 12.5 Å².